The van der Waals surface area contributed by atoms with Crippen LogP contribution in [0.2, 0.25) is 0 Å². The van der Waals surface area contributed by atoms with Crippen LogP contribution < -0.4 is 5.32 Å². The lowest BCUT2D eigenvalue weighted by atomic mass is 10.1. The van der Waals surface area contributed by atoms with Crippen molar-refractivity contribution in [1.29, 1.82) is 0 Å². The molecule has 7 nitrogen and oxygen atoms in total. The summed E-state index contributed by atoms with van der Waals surface area (Å²) in [5.41, 5.74) is -0.492. The SMILES string of the molecule is CC1(C)CN(C(=O)Nc2sccc2C(=O)O)CC(CO)O1. The average molecular weight is 314 g/mol. The third-order valence-electron chi connectivity index (χ3n) is 3.09. The van der Waals surface area contributed by atoms with Crippen LogP contribution in [0, 0.1) is 0 Å². The Morgan fingerprint density at radius 3 is 2.90 bits per heavy atom. The van der Waals surface area contributed by atoms with Crippen molar-refractivity contribution in [2.75, 3.05) is 25.0 Å². The fraction of sp³-hybridized carbons (Fsp3) is 0.538. The van der Waals surface area contributed by atoms with Crippen molar-refractivity contribution in [3.63, 3.8) is 0 Å². The van der Waals surface area contributed by atoms with Gasteiger partial charge in [0.1, 0.15) is 5.00 Å². The Bertz CT molecular complexity index is 542. The van der Waals surface area contributed by atoms with E-state index in [-0.39, 0.29) is 18.7 Å². The number of nitrogens with one attached hydrogen (secondary N) is 1. The van der Waals surface area contributed by atoms with Gasteiger partial charge in [0.05, 0.1) is 37.0 Å². The van der Waals surface area contributed by atoms with E-state index in [0.29, 0.717) is 11.5 Å². The van der Waals surface area contributed by atoms with Gasteiger partial charge in [-0.3, -0.25) is 5.32 Å². The molecule has 0 spiro atoms. The first-order valence-corrected chi connectivity index (χ1v) is 7.36. The lowest BCUT2D eigenvalue weighted by molar-refractivity contribution is -0.137. The van der Waals surface area contributed by atoms with Crippen LogP contribution in [-0.2, 0) is 4.74 Å². The van der Waals surface area contributed by atoms with Crippen molar-refractivity contribution in [2.24, 2.45) is 0 Å². The van der Waals surface area contributed by atoms with Crippen molar-refractivity contribution in [1.82, 2.24) is 4.90 Å². The lowest BCUT2D eigenvalue weighted by Gasteiger charge is -2.42. The van der Waals surface area contributed by atoms with Gasteiger partial charge in [0.2, 0.25) is 0 Å². The highest BCUT2D eigenvalue weighted by molar-refractivity contribution is 7.14. The molecule has 2 heterocycles. The predicted molar refractivity (Wildman–Crippen MR) is 77.9 cm³/mol. The van der Waals surface area contributed by atoms with Crippen molar-refractivity contribution >= 4 is 28.3 Å². The maximum Gasteiger partial charge on any atom is 0.338 e. The van der Waals surface area contributed by atoms with Crippen molar-refractivity contribution < 1.29 is 24.5 Å². The minimum absolute atomic E-state index is 0.0691. The summed E-state index contributed by atoms with van der Waals surface area (Å²) in [6, 6.07) is 1.05. The summed E-state index contributed by atoms with van der Waals surface area (Å²) in [6.45, 7) is 4.13. The first kappa shape index (κ1) is 15.7. The molecular weight excluding hydrogens is 296 g/mol. The largest absolute Gasteiger partial charge is 0.478 e. The molecule has 1 atom stereocenters. The van der Waals surface area contributed by atoms with E-state index in [0.717, 1.165) is 11.3 Å². The molecule has 0 aromatic carbocycles. The minimum atomic E-state index is -1.08. The highest BCUT2D eigenvalue weighted by atomic mass is 32.1. The summed E-state index contributed by atoms with van der Waals surface area (Å²) < 4.78 is 5.64. The van der Waals surface area contributed by atoms with E-state index in [1.165, 1.54) is 11.0 Å². The number of anilines is 1. The number of carbonyl (C=O) groups excluding carboxylic acids is 1. The number of aliphatic hydroxyl groups excluding tert-OH is 1. The van der Waals surface area contributed by atoms with Crippen LogP contribution in [0.4, 0.5) is 9.80 Å². The Labute approximate surface area is 126 Å². The van der Waals surface area contributed by atoms with E-state index in [1.807, 2.05) is 13.8 Å². The number of morpholine rings is 1. The summed E-state index contributed by atoms with van der Waals surface area (Å²) >= 11 is 1.16. The zero-order chi connectivity index (χ0) is 15.6. The maximum absolute atomic E-state index is 12.3. The number of rotatable bonds is 3. The second kappa shape index (κ2) is 6.00. The number of thiophene rings is 1. The molecule has 0 aliphatic carbocycles. The van der Waals surface area contributed by atoms with Gasteiger partial charge >= 0.3 is 12.0 Å². The van der Waals surface area contributed by atoms with Gasteiger partial charge < -0.3 is 19.8 Å². The van der Waals surface area contributed by atoms with Gasteiger partial charge in [0.25, 0.3) is 0 Å². The Kier molecular flexibility index (Phi) is 4.50. The summed E-state index contributed by atoms with van der Waals surface area (Å²) in [7, 11) is 0. The lowest BCUT2D eigenvalue weighted by Crippen LogP contribution is -2.56. The Balaban J connectivity index is 2.09. The molecule has 116 valence electrons. The van der Waals surface area contributed by atoms with Crippen LogP contribution in [-0.4, -0.2) is 58.5 Å². The molecule has 0 bridgehead atoms. The molecule has 0 saturated carbocycles. The number of amides is 2. The van der Waals surface area contributed by atoms with Crippen LogP contribution in [0.25, 0.3) is 0 Å². The molecule has 1 unspecified atom stereocenters. The number of ether oxygens (including phenoxy) is 1. The van der Waals surface area contributed by atoms with Gasteiger partial charge in [-0.25, -0.2) is 9.59 Å². The number of carboxylic acid groups (broad SMARTS) is 1. The fourth-order valence-corrected chi connectivity index (χ4v) is 3.06. The zero-order valence-corrected chi connectivity index (χ0v) is 12.6. The number of aliphatic hydroxyl groups is 1. The van der Waals surface area contributed by atoms with E-state index >= 15 is 0 Å². The molecule has 8 heteroatoms. The van der Waals surface area contributed by atoms with Gasteiger partial charge in [-0.05, 0) is 25.3 Å². The highest BCUT2D eigenvalue weighted by Gasteiger charge is 2.35. The Hall–Kier alpha value is -1.64. The third kappa shape index (κ3) is 3.72. The molecule has 1 aromatic rings. The number of nitrogens with zero attached hydrogens (tertiary/aromatic N) is 1. The molecule has 2 rings (SSSR count). The molecule has 0 radical (unpaired) electrons. The third-order valence-corrected chi connectivity index (χ3v) is 3.92. The van der Waals surface area contributed by atoms with Gasteiger partial charge in [0.15, 0.2) is 0 Å². The predicted octanol–water partition coefficient (Wildman–Crippen LogP) is 1.45. The van der Waals surface area contributed by atoms with Crippen molar-refractivity contribution in [3.8, 4) is 0 Å². The molecule has 1 saturated heterocycles. The zero-order valence-electron chi connectivity index (χ0n) is 11.8. The second-order valence-corrected chi connectivity index (χ2v) is 6.38. The van der Waals surface area contributed by atoms with Crippen LogP contribution in [0.5, 0.6) is 0 Å². The van der Waals surface area contributed by atoms with Crippen molar-refractivity contribution in [3.05, 3.63) is 17.0 Å². The van der Waals surface area contributed by atoms with Crippen molar-refractivity contribution in [2.45, 2.75) is 25.6 Å². The van der Waals surface area contributed by atoms with Crippen LogP contribution >= 0.6 is 11.3 Å². The molecule has 21 heavy (non-hydrogen) atoms. The number of carbonyl (C=O) groups is 2. The topological polar surface area (TPSA) is 99.1 Å². The number of hydrogen-bond donors (Lipinski definition) is 3. The smallest absolute Gasteiger partial charge is 0.338 e. The van der Waals surface area contributed by atoms with Gasteiger partial charge in [-0.2, -0.15) is 0 Å². The summed E-state index contributed by atoms with van der Waals surface area (Å²) in [5.74, 6) is -1.08. The number of urea groups is 1. The number of carboxylic acids is 1. The minimum Gasteiger partial charge on any atom is -0.478 e. The average Bonchev–Trinajstić information content (AvgIpc) is 2.85. The Morgan fingerprint density at radius 2 is 2.29 bits per heavy atom. The molecular formula is C13H18N2O5S. The first-order valence-electron chi connectivity index (χ1n) is 6.48. The molecule has 1 aromatic heterocycles. The van der Waals surface area contributed by atoms with E-state index < -0.39 is 23.7 Å². The summed E-state index contributed by atoms with van der Waals surface area (Å²) in [4.78, 5) is 24.8. The summed E-state index contributed by atoms with van der Waals surface area (Å²) in [6.07, 6.45) is -0.443. The summed E-state index contributed by atoms with van der Waals surface area (Å²) in [5, 5.41) is 22.8. The van der Waals surface area contributed by atoms with Crippen LogP contribution in [0.15, 0.2) is 11.4 Å². The van der Waals surface area contributed by atoms with Gasteiger partial charge in [-0.1, -0.05) is 0 Å². The molecule has 1 aliphatic heterocycles. The van der Waals surface area contributed by atoms with E-state index in [9.17, 15) is 14.7 Å². The highest BCUT2D eigenvalue weighted by Crippen LogP contribution is 2.25. The van der Waals surface area contributed by atoms with Crippen LogP contribution in [0.3, 0.4) is 0 Å². The number of hydrogen-bond acceptors (Lipinski definition) is 5. The molecule has 3 N–H and O–H groups in total. The molecule has 1 aliphatic rings. The standard InChI is InChI=1S/C13H18N2O5S/c1-13(2)7-15(5-8(6-16)20-13)12(19)14-10-9(11(17)18)3-4-21-10/h3-4,8,16H,5-7H2,1-2H3,(H,14,19)(H,17,18). The molecule has 2 amide bonds. The van der Waals surface area contributed by atoms with Gasteiger partial charge in [0, 0.05) is 0 Å². The maximum atomic E-state index is 12.3. The number of aromatic carboxylic acids is 1. The van der Waals surface area contributed by atoms with E-state index in [2.05, 4.69) is 5.32 Å². The normalized spacial score (nSPS) is 21.1. The Morgan fingerprint density at radius 1 is 1.57 bits per heavy atom. The fourth-order valence-electron chi connectivity index (χ4n) is 2.30. The molecule has 1 fully saturated rings. The second-order valence-electron chi connectivity index (χ2n) is 5.46. The monoisotopic (exact) mass is 314 g/mol. The quantitative estimate of drug-likeness (QED) is 0.784. The van der Waals surface area contributed by atoms with Gasteiger partial charge in [-0.15, -0.1) is 11.3 Å². The van der Waals surface area contributed by atoms with Crippen LogP contribution in [0.1, 0.15) is 24.2 Å². The van der Waals surface area contributed by atoms with E-state index in [4.69, 9.17) is 9.84 Å². The first-order chi connectivity index (χ1) is 9.82. The van der Waals surface area contributed by atoms with E-state index in [1.54, 1.807) is 5.38 Å².